The number of pyridine rings is 1. The molecule has 150 valence electrons. The van der Waals surface area contributed by atoms with Crippen molar-refractivity contribution in [3.05, 3.63) is 88.7 Å². The van der Waals surface area contributed by atoms with E-state index in [1.165, 1.54) is 0 Å². The summed E-state index contributed by atoms with van der Waals surface area (Å²) in [5.74, 6) is 0.0158. The second-order valence-electron chi connectivity index (χ2n) is 6.90. The van der Waals surface area contributed by atoms with Crippen molar-refractivity contribution in [2.75, 3.05) is 10.6 Å². The number of rotatable bonds is 5. The number of nitrogens with one attached hydrogen (secondary N) is 2. The van der Waals surface area contributed by atoms with E-state index in [2.05, 4.69) is 31.5 Å². The summed E-state index contributed by atoms with van der Waals surface area (Å²) < 4.78 is 2.84. The number of halogens is 1. The number of amides is 2. The van der Waals surface area contributed by atoms with Crippen molar-refractivity contribution in [3.63, 3.8) is 0 Å². The first kappa shape index (κ1) is 19.8. The molecule has 0 aliphatic heterocycles. The Balaban J connectivity index is 1.45. The average molecular weight is 463 g/mol. The summed E-state index contributed by atoms with van der Waals surface area (Å²) in [6, 6.07) is 18.3. The van der Waals surface area contributed by atoms with Gasteiger partial charge in [-0.25, -0.2) is 4.98 Å². The molecule has 0 aliphatic rings. The molecular weight excluding hydrogens is 444 g/mol. The lowest BCUT2D eigenvalue weighted by molar-refractivity contribution is -0.115. The zero-order valence-corrected chi connectivity index (χ0v) is 17.8. The maximum absolute atomic E-state index is 12.6. The molecule has 0 atom stereocenters. The number of aromatic nitrogens is 2. The predicted molar refractivity (Wildman–Crippen MR) is 122 cm³/mol. The molecule has 0 aliphatic carbocycles. The molecule has 7 heteroatoms. The van der Waals surface area contributed by atoms with E-state index in [0.29, 0.717) is 17.1 Å². The van der Waals surface area contributed by atoms with Gasteiger partial charge in [0, 0.05) is 46.1 Å². The molecule has 4 rings (SSSR count). The third-order valence-electron chi connectivity index (χ3n) is 4.71. The van der Waals surface area contributed by atoms with E-state index in [-0.39, 0.29) is 18.2 Å². The van der Waals surface area contributed by atoms with Gasteiger partial charge in [0.25, 0.3) is 5.91 Å². The molecule has 0 radical (unpaired) electrons. The Labute approximate surface area is 182 Å². The van der Waals surface area contributed by atoms with E-state index in [4.69, 9.17) is 0 Å². The Morgan fingerprint density at radius 3 is 2.67 bits per heavy atom. The smallest absolute Gasteiger partial charge is 0.256 e. The quantitative estimate of drug-likeness (QED) is 0.448. The summed E-state index contributed by atoms with van der Waals surface area (Å²) in [6.07, 6.45) is 3.83. The number of carbonyl (C=O) groups excluding carboxylic acids is 2. The third kappa shape index (κ3) is 4.41. The molecule has 2 heterocycles. The second-order valence-corrected chi connectivity index (χ2v) is 7.82. The van der Waals surface area contributed by atoms with Gasteiger partial charge in [-0.05, 0) is 57.9 Å². The van der Waals surface area contributed by atoms with E-state index >= 15 is 0 Å². The Kier molecular flexibility index (Phi) is 5.63. The minimum Gasteiger partial charge on any atom is -0.350 e. The molecule has 0 saturated heterocycles. The Morgan fingerprint density at radius 1 is 1.03 bits per heavy atom. The highest BCUT2D eigenvalue weighted by molar-refractivity contribution is 9.10. The van der Waals surface area contributed by atoms with Crippen LogP contribution in [0.3, 0.4) is 0 Å². The monoisotopic (exact) mass is 462 g/mol. The number of benzene rings is 2. The maximum Gasteiger partial charge on any atom is 0.256 e. The summed E-state index contributed by atoms with van der Waals surface area (Å²) >= 11 is 3.31. The molecule has 2 aromatic heterocycles. The molecule has 0 fully saturated rings. The largest absolute Gasteiger partial charge is 0.350 e. The lowest BCUT2D eigenvalue weighted by Crippen LogP contribution is -2.16. The number of hydrogen-bond donors (Lipinski definition) is 2. The Bertz CT molecular complexity index is 1230. The van der Waals surface area contributed by atoms with Crippen molar-refractivity contribution >= 4 is 50.2 Å². The lowest BCUT2D eigenvalue weighted by Gasteiger charge is -2.08. The second kappa shape index (κ2) is 8.51. The molecular formula is C23H19BrN4O2. The highest BCUT2D eigenvalue weighted by Crippen LogP contribution is 2.21. The van der Waals surface area contributed by atoms with Gasteiger partial charge in [-0.2, -0.15) is 0 Å². The standard InChI is InChI=1S/C23H19BrN4O2/c1-28-14-16(19-7-2-3-8-20(19)28)12-22(29)26-18-6-4-5-15(11-18)23(30)27-21-10-9-17(24)13-25-21/h2-11,13-14H,12H2,1H3,(H,26,29)(H,25,27,30). The number of para-hydroxylation sites is 1. The van der Waals surface area contributed by atoms with Gasteiger partial charge in [-0.3, -0.25) is 9.59 Å². The van der Waals surface area contributed by atoms with Gasteiger partial charge >= 0.3 is 0 Å². The number of aryl methyl sites for hydroxylation is 1. The summed E-state index contributed by atoms with van der Waals surface area (Å²) in [6.45, 7) is 0. The van der Waals surface area contributed by atoms with Gasteiger partial charge in [0.15, 0.2) is 0 Å². The fourth-order valence-electron chi connectivity index (χ4n) is 3.32. The van der Waals surface area contributed by atoms with Crippen LogP contribution in [0.2, 0.25) is 0 Å². The highest BCUT2D eigenvalue weighted by atomic mass is 79.9. The van der Waals surface area contributed by atoms with Gasteiger partial charge in [-0.1, -0.05) is 24.3 Å². The van der Waals surface area contributed by atoms with Crippen LogP contribution in [0.5, 0.6) is 0 Å². The van der Waals surface area contributed by atoms with Gasteiger partial charge in [-0.15, -0.1) is 0 Å². The molecule has 0 bridgehead atoms. The van der Waals surface area contributed by atoms with Crippen LogP contribution in [0.4, 0.5) is 11.5 Å². The summed E-state index contributed by atoms with van der Waals surface area (Å²) in [4.78, 5) is 29.2. The van der Waals surface area contributed by atoms with E-state index in [0.717, 1.165) is 20.9 Å². The van der Waals surface area contributed by atoms with Crippen LogP contribution in [0.15, 0.2) is 77.5 Å². The third-order valence-corrected chi connectivity index (χ3v) is 5.18. The van der Waals surface area contributed by atoms with Crippen molar-refractivity contribution in [1.82, 2.24) is 9.55 Å². The van der Waals surface area contributed by atoms with E-state index in [9.17, 15) is 9.59 Å². The van der Waals surface area contributed by atoms with Crippen LogP contribution in [0.1, 0.15) is 15.9 Å². The first-order valence-corrected chi connectivity index (χ1v) is 10.1. The van der Waals surface area contributed by atoms with Crippen LogP contribution >= 0.6 is 15.9 Å². The van der Waals surface area contributed by atoms with Crippen LogP contribution in [-0.2, 0) is 18.3 Å². The zero-order valence-electron chi connectivity index (χ0n) is 16.2. The molecule has 2 aromatic carbocycles. The molecule has 0 spiro atoms. The Hall–Kier alpha value is -3.45. The first-order valence-electron chi connectivity index (χ1n) is 9.35. The van der Waals surface area contributed by atoms with Crippen LogP contribution in [0, 0.1) is 0 Å². The molecule has 2 N–H and O–H groups in total. The van der Waals surface area contributed by atoms with Crippen molar-refractivity contribution in [3.8, 4) is 0 Å². The fraction of sp³-hybridized carbons (Fsp3) is 0.0870. The maximum atomic E-state index is 12.6. The number of hydrogen-bond acceptors (Lipinski definition) is 3. The summed E-state index contributed by atoms with van der Waals surface area (Å²) in [7, 11) is 1.96. The van der Waals surface area contributed by atoms with Gasteiger partial charge in [0.2, 0.25) is 5.91 Å². The molecule has 6 nitrogen and oxygen atoms in total. The van der Waals surface area contributed by atoms with E-state index in [1.54, 1.807) is 42.6 Å². The lowest BCUT2D eigenvalue weighted by atomic mass is 10.1. The normalized spacial score (nSPS) is 10.7. The molecule has 2 amide bonds. The SMILES string of the molecule is Cn1cc(CC(=O)Nc2cccc(C(=O)Nc3ccc(Br)cn3)c2)c2ccccc21. The summed E-state index contributed by atoms with van der Waals surface area (Å²) in [5, 5.41) is 6.68. The highest BCUT2D eigenvalue weighted by Gasteiger charge is 2.12. The summed E-state index contributed by atoms with van der Waals surface area (Å²) in [5.41, 5.74) is 3.04. The van der Waals surface area contributed by atoms with Crippen molar-refractivity contribution in [2.24, 2.45) is 7.05 Å². The first-order chi connectivity index (χ1) is 14.5. The van der Waals surface area contributed by atoms with E-state index < -0.39 is 0 Å². The van der Waals surface area contributed by atoms with Crippen LogP contribution in [-0.4, -0.2) is 21.4 Å². The number of carbonyl (C=O) groups is 2. The topological polar surface area (TPSA) is 76.0 Å². The molecule has 30 heavy (non-hydrogen) atoms. The minimum atomic E-state index is -0.296. The van der Waals surface area contributed by atoms with Crippen molar-refractivity contribution < 1.29 is 9.59 Å². The van der Waals surface area contributed by atoms with Gasteiger partial charge in [0.1, 0.15) is 5.82 Å². The minimum absolute atomic E-state index is 0.140. The van der Waals surface area contributed by atoms with Crippen LogP contribution < -0.4 is 10.6 Å². The van der Waals surface area contributed by atoms with Gasteiger partial charge < -0.3 is 15.2 Å². The predicted octanol–water partition coefficient (Wildman–Crippen LogP) is 4.77. The van der Waals surface area contributed by atoms with Gasteiger partial charge in [0.05, 0.1) is 6.42 Å². The molecule has 0 unspecified atom stereocenters. The number of fused-ring (bicyclic) bond motifs is 1. The number of nitrogens with zero attached hydrogens (tertiary/aromatic N) is 2. The fourth-order valence-corrected chi connectivity index (χ4v) is 3.56. The van der Waals surface area contributed by atoms with Crippen LogP contribution in [0.25, 0.3) is 10.9 Å². The molecule has 4 aromatic rings. The number of anilines is 2. The Morgan fingerprint density at radius 2 is 1.87 bits per heavy atom. The molecule has 0 saturated carbocycles. The van der Waals surface area contributed by atoms with Crippen molar-refractivity contribution in [2.45, 2.75) is 6.42 Å². The average Bonchev–Trinajstić information content (AvgIpc) is 3.05. The van der Waals surface area contributed by atoms with E-state index in [1.807, 2.05) is 42.1 Å². The van der Waals surface area contributed by atoms with Crippen molar-refractivity contribution in [1.29, 1.82) is 0 Å². The zero-order chi connectivity index (χ0) is 21.1.